The lowest BCUT2D eigenvalue weighted by molar-refractivity contribution is 0.102. The third kappa shape index (κ3) is 3.94. The van der Waals surface area contributed by atoms with Gasteiger partial charge in [0, 0.05) is 15.5 Å². The van der Waals surface area contributed by atoms with Gasteiger partial charge in [0.1, 0.15) is 0 Å². The van der Waals surface area contributed by atoms with Crippen LogP contribution >= 0.6 is 23.2 Å². The van der Waals surface area contributed by atoms with Crippen molar-refractivity contribution in [2.45, 2.75) is 18.7 Å². The summed E-state index contributed by atoms with van der Waals surface area (Å²) in [5.74, 6) is -0.383. The maximum atomic E-state index is 12.4. The fourth-order valence-electron chi connectivity index (χ4n) is 1.94. The molecule has 1 unspecified atom stereocenters. The standard InChI is InChI=1S/C16H14Cl2O2S/c1-10-3-4-11(2)16(7-10)21(20)9-15(19)13-8-12(17)5-6-14(13)18/h3-8H,9H2,1-2H3. The highest BCUT2D eigenvalue weighted by Crippen LogP contribution is 2.22. The van der Waals surface area contributed by atoms with E-state index in [4.69, 9.17) is 23.2 Å². The molecule has 0 aliphatic rings. The molecule has 0 aliphatic heterocycles. The second-order valence-electron chi connectivity index (χ2n) is 4.81. The first-order valence-corrected chi connectivity index (χ1v) is 8.40. The van der Waals surface area contributed by atoms with Crippen LogP contribution in [-0.4, -0.2) is 15.7 Å². The van der Waals surface area contributed by atoms with E-state index in [0.717, 1.165) is 11.1 Å². The summed E-state index contributed by atoms with van der Waals surface area (Å²) in [4.78, 5) is 12.9. The van der Waals surface area contributed by atoms with Crippen molar-refractivity contribution in [1.29, 1.82) is 0 Å². The topological polar surface area (TPSA) is 34.1 Å². The summed E-state index contributed by atoms with van der Waals surface area (Å²) < 4.78 is 12.4. The predicted molar refractivity (Wildman–Crippen MR) is 88.0 cm³/mol. The quantitative estimate of drug-likeness (QED) is 0.762. The lowest BCUT2D eigenvalue weighted by Crippen LogP contribution is -2.12. The smallest absolute Gasteiger partial charge is 0.177 e. The summed E-state index contributed by atoms with van der Waals surface area (Å²) in [5, 5.41) is 0.752. The summed E-state index contributed by atoms with van der Waals surface area (Å²) in [6.45, 7) is 3.80. The number of halogens is 2. The zero-order chi connectivity index (χ0) is 15.6. The molecule has 0 aliphatic carbocycles. The molecule has 0 N–H and O–H groups in total. The van der Waals surface area contributed by atoms with E-state index in [1.807, 2.05) is 32.0 Å². The lowest BCUT2D eigenvalue weighted by atomic mass is 10.1. The molecule has 0 aromatic heterocycles. The Balaban J connectivity index is 2.25. The first-order valence-electron chi connectivity index (χ1n) is 6.32. The minimum absolute atomic E-state index is 0.107. The number of hydrogen-bond acceptors (Lipinski definition) is 2. The summed E-state index contributed by atoms with van der Waals surface area (Å²) in [7, 11) is -1.40. The van der Waals surface area contributed by atoms with Crippen molar-refractivity contribution in [1.82, 2.24) is 0 Å². The summed E-state index contributed by atoms with van der Waals surface area (Å²) in [5.41, 5.74) is 2.23. The Morgan fingerprint density at radius 2 is 1.81 bits per heavy atom. The van der Waals surface area contributed by atoms with Crippen LogP contribution in [-0.2, 0) is 10.8 Å². The first kappa shape index (κ1) is 16.2. The Morgan fingerprint density at radius 1 is 1.10 bits per heavy atom. The fourth-order valence-corrected chi connectivity index (χ4v) is 3.63. The largest absolute Gasteiger partial charge is 0.293 e. The van der Waals surface area contributed by atoms with Crippen LogP contribution < -0.4 is 0 Å². The summed E-state index contributed by atoms with van der Waals surface area (Å²) >= 11 is 11.9. The number of carbonyl (C=O) groups excluding carboxylic acids is 1. The second kappa shape index (κ2) is 6.73. The molecule has 0 bridgehead atoms. The molecule has 0 heterocycles. The van der Waals surface area contributed by atoms with Crippen LogP contribution in [0.15, 0.2) is 41.3 Å². The Labute approximate surface area is 136 Å². The molecular formula is C16H14Cl2O2S. The van der Waals surface area contributed by atoms with Gasteiger partial charge in [0.15, 0.2) is 5.78 Å². The van der Waals surface area contributed by atoms with Gasteiger partial charge < -0.3 is 0 Å². The van der Waals surface area contributed by atoms with Gasteiger partial charge in [-0.25, -0.2) is 0 Å². The van der Waals surface area contributed by atoms with Crippen LogP contribution in [0.5, 0.6) is 0 Å². The van der Waals surface area contributed by atoms with E-state index in [1.165, 1.54) is 6.07 Å². The number of rotatable bonds is 4. The molecule has 5 heteroatoms. The van der Waals surface area contributed by atoms with E-state index in [9.17, 15) is 9.00 Å². The van der Waals surface area contributed by atoms with E-state index < -0.39 is 10.8 Å². The van der Waals surface area contributed by atoms with E-state index in [0.29, 0.717) is 20.5 Å². The van der Waals surface area contributed by atoms with E-state index in [1.54, 1.807) is 12.1 Å². The lowest BCUT2D eigenvalue weighted by Gasteiger charge is -2.08. The number of aryl methyl sites for hydroxylation is 2. The molecule has 110 valence electrons. The Morgan fingerprint density at radius 3 is 2.52 bits per heavy atom. The highest BCUT2D eigenvalue weighted by Gasteiger charge is 2.17. The van der Waals surface area contributed by atoms with Crippen LogP contribution in [0.1, 0.15) is 21.5 Å². The number of hydrogen-bond donors (Lipinski definition) is 0. The van der Waals surface area contributed by atoms with Gasteiger partial charge in [-0.15, -0.1) is 0 Å². The van der Waals surface area contributed by atoms with Crippen LogP contribution in [0.25, 0.3) is 0 Å². The maximum Gasteiger partial charge on any atom is 0.177 e. The van der Waals surface area contributed by atoms with Crippen LogP contribution in [0.2, 0.25) is 10.0 Å². The SMILES string of the molecule is Cc1ccc(C)c(S(=O)CC(=O)c2cc(Cl)ccc2Cl)c1. The van der Waals surface area contributed by atoms with Gasteiger partial charge in [-0.3, -0.25) is 9.00 Å². The van der Waals surface area contributed by atoms with Crippen LogP contribution in [0.4, 0.5) is 0 Å². The van der Waals surface area contributed by atoms with E-state index in [2.05, 4.69) is 0 Å². The van der Waals surface area contributed by atoms with Gasteiger partial charge in [-0.2, -0.15) is 0 Å². The molecule has 0 amide bonds. The molecule has 0 saturated carbocycles. The average Bonchev–Trinajstić information content (AvgIpc) is 2.43. The molecule has 21 heavy (non-hydrogen) atoms. The molecule has 0 radical (unpaired) electrons. The van der Waals surface area contributed by atoms with Crippen molar-refractivity contribution >= 4 is 39.8 Å². The third-order valence-corrected chi connectivity index (χ3v) is 5.10. The molecule has 2 aromatic carbocycles. The van der Waals surface area contributed by atoms with Gasteiger partial charge in [0.25, 0.3) is 0 Å². The van der Waals surface area contributed by atoms with E-state index >= 15 is 0 Å². The van der Waals surface area contributed by atoms with Gasteiger partial charge >= 0.3 is 0 Å². The minimum atomic E-state index is -1.40. The van der Waals surface area contributed by atoms with Crippen molar-refractivity contribution in [3.05, 3.63) is 63.1 Å². The van der Waals surface area contributed by atoms with E-state index in [-0.39, 0.29) is 11.5 Å². The van der Waals surface area contributed by atoms with Gasteiger partial charge in [-0.05, 0) is 49.2 Å². The molecule has 0 spiro atoms. The van der Waals surface area contributed by atoms with Crippen molar-refractivity contribution in [3.8, 4) is 0 Å². The molecule has 2 nitrogen and oxygen atoms in total. The Hall–Kier alpha value is -1.16. The highest BCUT2D eigenvalue weighted by molar-refractivity contribution is 7.85. The molecule has 2 rings (SSSR count). The first-order chi connectivity index (χ1) is 9.88. The molecule has 0 saturated heterocycles. The van der Waals surface area contributed by atoms with Crippen molar-refractivity contribution in [3.63, 3.8) is 0 Å². The molecular weight excluding hydrogens is 327 g/mol. The number of ketones is 1. The van der Waals surface area contributed by atoms with Crippen molar-refractivity contribution < 1.29 is 9.00 Å². The molecule has 2 aromatic rings. The summed E-state index contributed by atoms with van der Waals surface area (Å²) in [6.07, 6.45) is 0. The number of benzene rings is 2. The zero-order valence-corrected chi connectivity index (χ0v) is 14.0. The number of Topliss-reactive ketones (excluding diaryl/α,β-unsaturated/α-hetero) is 1. The van der Waals surface area contributed by atoms with Gasteiger partial charge in [0.05, 0.1) is 21.6 Å². The Bertz CT molecular complexity index is 665. The zero-order valence-electron chi connectivity index (χ0n) is 11.7. The number of carbonyl (C=O) groups is 1. The summed E-state index contributed by atoms with van der Waals surface area (Å²) in [6, 6.07) is 10.4. The molecule has 0 fully saturated rings. The van der Waals surface area contributed by atoms with Crippen molar-refractivity contribution in [2.24, 2.45) is 0 Å². The monoisotopic (exact) mass is 340 g/mol. The van der Waals surface area contributed by atoms with Gasteiger partial charge in [0.2, 0.25) is 0 Å². The fraction of sp³-hybridized carbons (Fsp3) is 0.188. The third-order valence-electron chi connectivity index (χ3n) is 3.08. The predicted octanol–water partition coefficient (Wildman–Crippen LogP) is 4.60. The molecule has 1 atom stereocenters. The average molecular weight is 341 g/mol. The normalized spacial score (nSPS) is 12.2. The van der Waals surface area contributed by atoms with Crippen LogP contribution in [0.3, 0.4) is 0 Å². The second-order valence-corrected chi connectivity index (χ2v) is 7.07. The minimum Gasteiger partial charge on any atom is -0.293 e. The Kier molecular flexibility index (Phi) is 5.20. The maximum absolute atomic E-state index is 12.4. The van der Waals surface area contributed by atoms with Crippen LogP contribution in [0, 0.1) is 13.8 Å². The highest BCUT2D eigenvalue weighted by atomic mass is 35.5. The van der Waals surface area contributed by atoms with Crippen molar-refractivity contribution in [2.75, 3.05) is 5.75 Å². The van der Waals surface area contributed by atoms with Gasteiger partial charge in [-0.1, -0.05) is 35.3 Å².